The van der Waals surface area contributed by atoms with Crippen LogP contribution in [0.25, 0.3) is 38.8 Å². The van der Waals surface area contributed by atoms with Crippen LogP contribution in [0.3, 0.4) is 0 Å². The van der Waals surface area contributed by atoms with Crippen LogP contribution >= 0.6 is 0 Å². The zero-order valence-corrected chi connectivity index (χ0v) is 18.2. The van der Waals surface area contributed by atoms with Crippen LogP contribution in [-0.2, 0) is 13.6 Å². The molecule has 4 aromatic heterocycles. The molecular weight excluding hydrogens is 442 g/mol. The second-order valence-electron chi connectivity index (χ2n) is 8.55. The second kappa shape index (κ2) is 7.75. The fourth-order valence-electron chi connectivity index (χ4n) is 4.30. The van der Waals surface area contributed by atoms with Gasteiger partial charge in [-0.15, -0.1) is 0 Å². The number of ether oxygens (including phenoxy) is 1. The Morgan fingerprint density at radius 1 is 1.12 bits per heavy atom. The monoisotopic (exact) mass is 462 g/mol. The van der Waals surface area contributed by atoms with Crippen LogP contribution < -0.4 is 10.3 Å². The van der Waals surface area contributed by atoms with Crippen molar-refractivity contribution in [3.8, 4) is 22.7 Å². The van der Waals surface area contributed by atoms with Gasteiger partial charge in [-0.3, -0.25) is 9.48 Å². The highest BCUT2D eigenvalue weighted by atomic mass is 19.3. The molecule has 1 aliphatic rings. The van der Waals surface area contributed by atoms with Gasteiger partial charge in [0.05, 0.1) is 22.3 Å². The number of hydrogen-bond donors (Lipinski definition) is 0. The molecule has 0 N–H and O–H groups in total. The molecule has 1 saturated carbocycles. The van der Waals surface area contributed by atoms with E-state index in [4.69, 9.17) is 0 Å². The molecule has 6 rings (SSSR count). The largest absolute Gasteiger partial charge is 0.417 e. The topological polar surface area (TPSA) is 79.8 Å². The van der Waals surface area contributed by atoms with Gasteiger partial charge in [-0.2, -0.15) is 23.7 Å². The first kappa shape index (κ1) is 20.5. The van der Waals surface area contributed by atoms with Crippen molar-refractivity contribution >= 4 is 21.9 Å². The third-order valence-electron chi connectivity index (χ3n) is 6.03. The van der Waals surface area contributed by atoms with Crippen molar-refractivity contribution < 1.29 is 13.5 Å². The molecule has 0 bridgehead atoms. The molecule has 0 saturated heterocycles. The van der Waals surface area contributed by atoms with Gasteiger partial charge in [-0.1, -0.05) is 0 Å². The third-order valence-corrected chi connectivity index (χ3v) is 6.03. The summed E-state index contributed by atoms with van der Waals surface area (Å²) in [7, 11) is 1.84. The van der Waals surface area contributed by atoms with E-state index < -0.39 is 6.61 Å². The Morgan fingerprint density at radius 2 is 1.97 bits per heavy atom. The Morgan fingerprint density at radius 3 is 2.71 bits per heavy atom. The van der Waals surface area contributed by atoms with E-state index in [0.29, 0.717) is 33.8 Å². The molecule has 0 aliphatic heterocycles. The van der Waals surface area contributed by atoms with E-state index in [1.165, 1.54) is 16.9 Å². The average molecular weight is 462 g/mol. The highest BCUT2D eigenvalue weighted by molar-refractivity contribution is 5.92. The molecule has 4 heterocycles. The van der Waals surface area contributed by atoms with Gasteiger partial charge in [0.1, 0.15) is 5.52 Å². The Kier molecular flexibility index (Phi) is 4.68. The van der Waals surface area contributed by atoms with Gasteiger partial charge < -0.3 is 9.30 Å². The molecule has 1 aliphatic carbocycles. The van der Waals surface area contributed by atoms with Crippen LogP contribution in [0.4, 0.5) is 8.78 Å². The lowest BCUT2D eigenvalue weighted by atomic mass is 10.1. The Hall–Kier alpha value is -4.08. The minimum atomic E-state index is -2.97. The summed E-state index contributed by atoms with van der Waals surface area (Å²) in [6.45, 7) is -2.18. The normalized spacial score (nSPS) is 13.9. The highest BCUT2D eigenvalue weighted by Crippen LogP contribution is 2.34. The quantitative estimate of drug-likeness (QED) is 0.379. The van der Waals surface area contributed by atoms with E-state index >= 15 is 0 Å². The van der Waals surface area contributed by atoms with Crippen molar-refractivity contribution in [3.63, 3.8) is 0 Å². The number of rotatable bonds is 6. The van der Waals surface area contributed by atoms with Crippen molar-refractivity contribution in [2.24, 2.45) is 13.0 Å². The predicted octanol–water partition coefficient (Wildman–Crippen LogP) is 4.15. The van der Waals surface area contributed by atoms with E-state index in [1.807, 2.05) is 37.6 Å². The maximum atomic E-state index is 13.8. The van der Waals surface area contributed by atoms with Gasteiger partial charge >= 0.3 is 6.61 Å². The SMILES string of the molecule is Cn1cc2cc(-n3nc4ccn(CC5CC5)c4c(-c4ccc(OC(F)F)nc4)c3=O)ccc2n1. The smallest absolute Gasteiger partial charge is 0.388 e. The maximum absolute atomic E-state index is 13.8. The average Bonchev–Trinajstić information content (AvgIpc) is 3.42. The number of fused-ring (bicyclic) bond motifs is 2. The fourth-order valence-corrected chi connectivity index (χ4v) is 4.30. The first-order valence-electron chi connectivity index (χ1n) is 10.9. The highest BCUT2D eigenvalue weighted by Gasteiger charge is 2.25. The fraction of sp³-hybridized carbons (Fsp3) is 0.250. The summed E-state index contributed by atoms with van der Waals surface area (Å²) >= 11 is 0. The van der Waals surface area contributed by atoms with Crippen LogP contribution in [-0.4, -0.2) is 35.7 Å². The summed E-state index contributed by atoms with van der Waals surface area (Å²) in [6, 6.07) is 10.3. The predicted molar refractivity (Wildman–Crippen MR) is 122 cm³/mol. The number of hydrogen-bond acceptors (Lipinski definition) is 5. The summed E-state index contributed by atoms with van der Waals surface area (Å²) in [5, 5.41) is 9.93. The molecule has 1 aromatic carbocycles. The maximum Gasteiger partial charge on any atom is 0.388 e. The number of aromatic nitrogens is 6. The van der Waals surface area contributed by atoms with E-state index in [-0.39, 0.29) is 11.4 Å². The minimum Gasteiger partial charge on any atom is -0.417 e. The van der Waals surface area contributed by atoms with Crippen LogP contribution in [0.1, 0.15) is 12.8 Å². The number of pyridine rings is 1. The summed E-state index contributed by atoms with van der Waals surface area (Å²) in [4.78, 5) is 17.8. The van der Waals surface area contributed by atoms with E-state index in [2.05, 4.69) is 24.5 Å². The molecular formula is C24H20F2N6O2. The van der Waals surface area contributed by atoms with Gasteiger partial charge in [0, 0.05) is 49.2 Å². The van der Waals surface area contributed by atoms with E-state index in [1.54, 1.807) is 16.8 Å². The molecule has 8 nitrogen and oxygen atoms in total. The zero-order valence-electron chi connectivity index (χ0n) is 18.2. The number of alkyl halides is 2. The lowest BCUT2D eigenvalue weighted by Gasteiger charge is -2.13. The van der Waals surface area contributed by atoms with Gasteiger partial charge in [0.2, 0.25) is 5.88 Å². The van der Waals surface area contributed by atoms with E-state index in [9.17, 15) is 13.6 Å². The lowest BCUT2D eigenvalue weighted by molar-refractivity contribution is -0.0528. The van der Waals surface area contributed by atoms with Crippen molar-refractivity contribution in [2.45, 2.75) is 26.0 Å². The number of halogens is 2. The zero-order chi connectivity index (χ0) is 23.4. The molecule has 0 amide bonds. The molecule has 0 spiro atoms. The van der Waals surface area contributed by atoms with Crippen LogP contribution in [0.5, 0.6) is 5.88 Å². The van der Waals surface area contributed by atoms with Crippen LogP contribution in [0.2, 0.25) is 0 Å². The second-order valence-corrected chi connectivity index (χ2v) is 8.55. The molecule has 10 heteroatoms. The van der Waals surface area contributed by atoms with Gasteiger partial charge in [0.25, 0.3) is 5.56 Å². The third kappa shape index (κ3) is 3.60. The summed E-state index contributed by atoms with van der Waals surface area (Å²) in [5.74, 6) is 0.374. The Labute approximate surface area is 192 Å². The number of benzene rings is 1. The summed E-state index contributed by atoms with van der Waals surface area (Å²) in [6.07, 6.45) is 7.52. The number of nitrogens with zero attached hydrogens (tertiary/aromatic N) is 6. The molecule has 0 unspecified atom stereocenters. The number of aryl methyl sites for hydroxylation is 1. The minimum absolute atomic E-state index is 0.209. The summed E-state index contributed by atoms with van der Waals surface area (Å²) in [5.41, 5.74) is 3.39. The first-order chi connectivity index (χ1) is 16.5. The van der Waals surface area contributed by atoms with Gasteiger partial charge in [-0.05, 0) is 49.1 Å². The molecule has 5 aromatic rings. The van der Waals surface area contributed by atoms with Crippen LogP contribution in [0, 0.1) is 5.92 Å². The van der Waals surface area contributed by atoms with Crippen molar-refractivity contribution in [1.82, 2.24) is 29.1 Å². The van der Waals surface area contributed by atoms with Gasteiger partial charge in [-0.25, -0.2) is 4.98 Å². The summed E-state index contributed by atoms with van der Waals surface area (Å²) < 4.78 is 34.7. The lowest BCUT2D eigenvalue weighted by Crippen LogP contribution is -2.24. The Bertz CT molecular complexity index is 1580. The first-order valence-corrected chi connectivity index (χ1v) is 10.9. The molecule has 0 atom stereocenters. The molecule has 1 fully saturated rings. The van der Waals surface area contributed by atoms with Crippen LogP contribution in [0.15, 0.2) is 59.8 Å². The van der Waals surface area contributed by atoms with Crippen molar-refractivity contribution in [1.29, 1.82) is 0 Å². The molecule has 34 heavy (non-hydrogen) atoms. The van der Waals surface area contributed by atoms with Crippen molar-refractivity contribution in [2.75, 3.05) is 0 Å². The Balaban J connectivity index is 1.56. The standard InChI is InChI=1S/C24H20F2N6O2/c1-30-13-16-10-17(5-6-18(16)28-30)32-23(33)21(15-4-7-20(27-11-15)34-24(25)26)22-19(29-32)8-9-31(22)12-14-2-3-14/h4-11,13-14,24H,2-3,12H2,1H3. The van der Waals surface area contributed by atoms with Crippen molar-refractivity contribution in [3.05, 3.63) is 65.3 Å². The molecule has 172 valence electrons. The van der Waals surface area contributed by atoms with Gasteiger partial charge in [0.15, 0.2) is 0 Å². The molecule has 0 radical (unpaired) electrons. The van der Waals surface area contributed by atoms with E-state index in [0.717, 1.165) is 30.3 Å².